The first kappa shape index (κ1) is 21.1. The molecule has 0 saturated heterocycles. The van der Waals surface area contributed by atoms with Crippen molar-refractivity contribution >= 4 is 35.1 Å². The Bertz CT molecular complexity index is 1290. The second kappa shape index (κ2) is 9.79. The molecule has 3 heterocycles. The highest BCUT2D eigenvalue weighted by Crippen LogP contribution is 2.34. The number of carbonyl (C=O) groups excluding carboxylic acids is 1. The van der Waals surface area contributed by atoms with Crippen molar-refractivity contribution in [3.63, 3.8) is 0 Å². The molecular formula is C25H22N4O3S. The van der Waals surface area contributed by atoms with Gasteiger partial charge < -0.3 is 14.4 Å². The minimum absolute atomic E-state index is 0.0397. The zero-order valence-corrected chi connectivity index (χ0v) is 18.6. The van der Waals surface area contributed by atoms with Gasteiger partial charge in [-0.2, -0.15) is 0 Å². The van der Waals surface area contributed by atoms with Crippen LogP contribution < -0.4 is 14.4 Å². The van der Waals surface area contributed by atoms with E-state index in [0.717, 1.165) is 16.9 Å². The predicted molar refractivity (Wildman–Crippen MR) is 129 cm³/mol. The Kier molecular flexibility index (Phi) is 6.25. The molecule has 0 aliphatic carbocycles. The SMILES string of the molecule is O=C(CSc1nnc2ccccn12)N(C/C=C/c1ccccc1)c1ccc2c(c1)OCCO2. The molecule has 7 nitrogen and oxygen atoms in total. The van der Waals surface area contributed by atoms with Gasteiger partial charge in [0, 0.05) is 24.5 Å². The molecule has 1 aliphatic rings. The number of anilines is 1. The Morgan fingerprint density at radius 3 is 2.70 bits per heavy atom. The third kappa shape index (κ3) is 4.85. The number of ether oxygens (including phenoxy) is 2. The molecule has 0 unspecified atom stereocenters. The number of rotatable bonds is 7. The zero-order chi connectivity index (χ0) is 22.5. The lowest BCUT2D eigenvalue weighted by atomic mass is 10.2. The molecule has 4 aromatic rings. The van der Waals surface area contributed by atoms with E-state index in [0.29, 0.717) is 36.4 Å². The van der Waals surface area contributed by atoms with Crippen LogP contribution in [0, 0.1) is 0 Å². The molecule has 1 aliphatic heterocycles. The first-order valence-corrected chi connectivity index (χ1v) is 11.6. The summed E-state index contributed by atoms with van der Waals surface area (Å²) in [5.41, 5.74) is 2.59. The summed E-state index contributed by atoms with van der Waals surface area (Å²) in [6, 6.07) is 21.3. The van der Waals surface area contributed by atoms with Crippen LogP contribution in [0.15, 0.2) is 84.2 Å². The zero-order valence-electron chi connectivity index (χ0n) is 17.8. The second-order valence-electron chi connectivity index (χ2n) is 7.35. The van der Waals surface area contributed by atoms with Gasteiger partial charge in [-0.15, -0.1) is 10.2 Å². The fraction of sp³-hybridized carbons (Fsp3) is 0.160. The highest BCUT2D eigenvalue weighted by atomic mass is 32.2. The molecule has 2 aromatic carbocycles. The molecule has 0 spiro atoms. The molecule has 5 rings (SSSR count). The molecular weight excluding hydrogens is 436 g/mol. The van der Waals surface area contributed by atoms with Gasteiger partial charge in [0.1, 0.15) is 13.2 Å². The van der Waals surface area contributed by atoms with Crippen molar-refractivity contribution in [2.45, 2.75) is 5.16 Å². The van der Waals surface area contributed by atoms with Crippen LogP contribution in [0.3, 0.4) is 0 Å². The molecule has 0 saturated carbocycles. The van der Waals surface area contributed by atoms with E-state index in [4.69, 9.17) is 9.47 Å². The molecule has 2 aromatic heterocycles. The summed E-state index contributed by atoms with van der Waals surface area (Å²) < 4.78 is 13.2. The van der Waals surface area contributed by atoms with E-state index in [-0.39, 0.29) is 11.7 Å². The molecule has 33 heavy (non-hydrogen) atoms. The monoisotopic (exact) mass is 458 g/mol. The van der Waals surface area contributed by atoms with Gasteiger partial charge in [-0.05, 0) is 29.8 Å². The van der Waals surface area contributed by atoms with Crippen molar-refractivity contribution in [2.24, 2.45) is 0 Å². The largest absolute Gasteiger partial charge is 0.486 e. The van der Waals surface area contributed by atoms with Gasteiger partial charge in [0.05, 0.1) is 5.75 Å². The molecule has 0 N–H and O–H groups in total. The van der Waals surface area contributed by atoms with Crippen molar-refractivity contribution in [1.82, 2.24) is 14.6 Å². The predicted octanol–water partition coefficient (Wildman–Crippen LogP) is 4.34. The number of thioether (sulfide) groups is 1. The molecule has 0 bridgehead atoms. The van der Waals surface area contributed by atoms with Crippen LogP contribution in [0.5, 0.6) is 11.5 Å². The Balaban J connectivity index is 1.36. The fourth-order valence-corrected chi connectivity index (χ4v) is 4.33. The van der Waals surface area contributed by atoms with Gasteiger partial charge in [0.25, 0.3) is 0 Å². The van der Waals surface area contributed by atoms with Crippen LogP contribution in [0.25, 0.3) is 11.7 Å². The lowest BCUT2D eigenvalue weighted by molar-refractivity contribution is -0.116. The number of aromatic nitrogens is 3. The summed E-state index contributed by atoms with van der Waals surface area (Å²) in [4.78, 5) is 15.1. The van der Waals surface area contributed by atoms with Gasteiger partial charge in [-0.1, -0.05) is 60.3 Å². The van der Waals surface area contributed by atoms with E-state index >= 15 is 0 Å². The van der Waals surface area contributed by atoms with Crippen molar-refractivity contribution in [1.29, 1.82) is 0 Å². The standard InChI is InChI=1S/C25H22N4O3S/c30-24(18-33-25-27-26-23-10-4-5-13-29(23)25)28(14-6-9-19-7-2-1-3-8-19)20-11-12-21-22(17-20)32-16-15-31-21/h1-13,17H,14-16,18H2/b9-6+. The maximum absolute atomic E-state index is 13.3. The summed E-state index contributed by atoms with van der Waals surface area (Å²) >= 11 is 1.36. The smallest absolute Gasteiger partial charge is 0.237 e. The summed E-state index contributed by atoms with van der Waals surface area (Å²) in [5.74, 6) is 1.53. The normalized spacial score (nSPS) is 12.8. The van der Waals surface area contributed by atoms with Crippen LogP contribution in [0.4, 0.5) is 5.69 Å². The van der Waals surface area contributed by atoms with E-state index in [1.54, 1.807) is 4.90 Å². The molecule has 0 radical (unpaired) electrons. The maximum atomic E-state index is 13.3. The highest BCUT2D eigenvalue weighted by molar-refractivity contribution is 7.99. The highest BCUT2D eigenvalue weighted by Gasteiger charge is 2.20. The average molecular weight is 459 g/mol. The third-order valence-corrected chi connectivity index (χ3v) is 6.07. The Labute approximate surface area is 195 Å². The van der Waals surface area contributed by atoms with E-state index in [1.807, 2.05) is 89.5 Å². The van der Waals surface area contributed by atoms with Crippen LogP contribution in [-0.2, 0) is 4.79 Å². The van der Waals surface area contributed by atoms with Crippen LogP contribution in [0.2, 0.25) is 0 Å². The molecule has 1 amide bonds. The average Bonchev–Trinajstić information content (AvgIpc) is 3.29. The summed E-state index contributed by atoms with van der Waals surface area (Å²) in [6.07, 6.45) is 5.89. The van der Waals surface area contributed by atoms with Gasteiger partial charge in [-0.25, -0.2) is 0 Å². The quantitative estimate of drug-likeness (QED) is 0.384. The molecule has 8 heteroatoms. The lowest BCUT2D eigenvalue weighted by Gasteiger charge is -2.24. The fourth-order valence-electron chi connectivity index (χ4n) is 3.53. The Morgan fingerprint density at radius 2 is 1.82 bits per heavy atom. The second-order valence-corrected chi connectivity index (χ2v) is 8.29. The van der Waals surface area contributed by atoms with E-state index in [2.05, 4.69) is 10.2 Å². The van der Waals surface area contributed by atoms with E-state index < -0.39 is 0 Å². The Morgan fingerprint density at radius 1 is 1.00 bits per heavy atom. The number of hydrogen-bond acceptors (Lipinski definition) is 6. The van der Waals surface area contributed by atoms with Crippen molar-refractivity contribution in [3.8, 4) is 11.5 Å². The number of benzene rings is 2. The number of nitrogens with zero attached hydrogens (tertiary/aromatic N) is 4. The first-order valence-electron chi connectivity index (χ1n) is 10.6. The van der Waals surface area contributed by atoms with E-state index in [9.17, 15) is 4.79 Å². The molecule has 0 fully saturated rings. The number of hydrogen-bond donors (Lipinski definition) is 0. The maximum Gasteiger partial charge on any atom is 0.237 e. The molecule has 166 valence electrons. The lowest BCUT2D eigenvalue weighted by Crippen LogP contribution is -2.32. The summed E-state index contributed by atoms with van der Waals surface area (Å²) in [6.45, 7) is 1.44. The van der Waals surface area contributed by atoms with Crippen molar-refractivity contribution in [2.75, 3.05) is 30.4 Å². The van der Waals surface area contributed by atoms with E-state index in [1.165, 1.54) is 11.8 Å². The number of amides is 1. The van der Waals surface area contributed by atoms with Crippen LogP contribution in [0.1, 0.15) is 5.56 Å². The number of pyridine rings is 1. The van der Waals surface area contributed by atoms with Crippen molar-refractivity contribution in [3.05, 3.63) is 84.6 Å². The van der Waals surface area contributed by atoms with Crippen LogP contribution >= 0.6 is 11.8 Å². The minimum atomic E-state index is -0.0397. The Hall–Kier alpha value is -3.78. The summed E-state index contributed by atoms with van der Waals surface area (Å²) in [7, 11) is 0. The van der Waals surface area contributed by atoms with Crippen molar-refractivity contribution < 1.29 is 14.3 Å². The minimum Gasteiger partial charge on any atom is -0.486 e. The van der Waals surface area contributed by atoms with Gasteiger partial charge in [0.2, 0.25) is 5.91 Å². The third-order valence-electron chi connectivity index (χ3n) is 5.14. The topological polar surface area (TPSA) is 69.0 Å². The van der Waals surface area contributed by atoms with Gasteiger partial charge in [0.15, 0.2) is 22.3 Å². The van der Waals surface area contributed by atoms with Crippen LogP contribution in [-0.4, -0.2) is 46.0 Å². The van der Waals surface area contributed by atoms with Gasteiger partial charge >= 0.3 is 0 Å². The first-order chi connectivity index (χ1) is 16.3. The van der Waals surface area contributed by atoms with Gasteiger partial charge in [-0.3, -0.25) is 9.20 Å². The molecule has 0 atom stereocenters. The number of fused-ring (bicyclic) bond motifs is 2. The number of carbonyl (C=O) groups is 1. The summed E-state index contributed by atoms with van der Waals surface area (Å²) in [5, 5.41) is 9.05.